The Hall–Kier alpha value is 2.71. The molecule has 9 heavy (non-hydrogen) atoms. The smallest absolute Gasteiger partial charge is 2.00 e. The van der Waals surface area contributed by atoms with Gasteiger partial charge in [-0.3, -0.25) is 0 Å². The zero-order valence-electron chi connectivity index (χ0n) is 4.99. The average Bonchev–Trinajstić information content (AvgIpc) is 0.811. The van der Waals surface area contributed by atoms with E-state index in [0.717, 1.165) is 0 Å². The molecule has 0 spiro atoms. The molecular formula is CHCa2NaO5. The molecule has 0 rings (SSSR count). The molecule has 5 nitrogen and oxygen atoms in total. The molecule has 0 bridgehead atoms. The predicted molar refractivity (Wildman–Crippen MR) is 19.5 cm³/mol. The molecule has 0 saturated heterocycles. The summed E-state index contributed by atoms with van der Waals surface area (Å²) in [4.78, 5) is 8.33. The third-order valence-corrected chi connectivity index (χ3v) is 0. The molecule has 0 radical (unpaired) electrons. The molecule has 0 unspecified atom stereocenters. The monoisotopic (exact) mass is 196 g/mol. The molecule has 0 aliphatic heterocycles. The summed E-state index contributed by atoms with van der Waals surface area (Å²) >= 11 is 0. The minimum absolute atomic E-state index is 0. The van der Waals surface area contributed by atoms with Gasteiger partial charge in [-0.2, -0.15) is 0 Å². The van der Waals surface area contributed by atoms with Gasteiger partial charge in [0.1, 0.15) is 0 Å². The van der Waals surface area contributed by atoms with Gasteiger partial charge in [0.25, 0.3) is 0 Å². The number of hydrogen-bond acceptors (Lipinski definition) is 4. The molecule has 0 aromatic rings. The van der Waals surface area contributed by atoms with E-state index in [9.17, 15) is 0 Å². The van der Waals surface area contributed by atoms with Crippen LogP contribution in [0, 0.1) is 0 Å². The fourth-order valence-corrected chi connectivity index (χ4v) is 0. The number of hydrogen-bond donors (Lipinski definition) is 0. The first-order chi connectivity index (χ1) is 1.73. The third-order valence-electron chi connectivity index (χ3n) is 0. The first-order valence-corrected chi connectivity index (χ1v) is 0.612. The first kappa shape index (κ1) is 41.2. The van der Waals surface area contributed by atoms with Crippen molar-refractivity contribution in [2.24, 2.45) is 0 Å². The fourth-order valence-electron chi connectivity index (χ4n) is 0. The molecule has 0 heterocycles. The molecule has 0 saturated carbocycles. The van der Waals surface area contributed by atoms with Crippen LogP contribution in [-0.4, -0.2) is 87.1 Å². The molecule has 0 aromatic carbocycles. The van der Waals surface area contributed by atoms with Crippen LogP contribution in [0.5, 0.6) is 0 Å². The van der Waals surface area contributed by atoms with Crippen LogP contribution in [-0.2, 0) is 5.48 Å². The van der Waals surface area contributed by atoms with Gasteiger partial charge < -0.3 is 26.0 Å². The van der Waals surface area contributed by atoms with E-state index >= 15 is 0 Å². The van der Waals surface area contributed by atoms with Crippen molar-refractivity contribution in [3.8, 4) is 0 Å². The van der Waals surface area contributed by atoms with Gasteiger partial charge in [0.15, 0.2) is 0 Å². The van der Waals surface area contributed by atoms with Gasteiger partial charge in [0, 0.05) is 0 Å². The first-order valence-electron chi connectivity index (χ1n) is 0.612. The van der Waals surface area contributed by atoms with Crippen molar-refractivity contribution in [2.45, 2.75) is 0 Å². The Morgan fingerprint density at radius 2 is 1.11 bits per heavy atom. The molecule has 0 amide bonds. The van der Waals surface area contributed by atoms with E-state index in [2.05, 4.69) is 0 Å². The predicted octanol–water partition coefficient (Wildman–Crippen LogP) is -6.50. The maximum Gasteiger partial charge on any atom is 2.00 e. The Morgan fingerprint density at radius 1 is 1.11 bits per heavy atom. The molecule has 0 aliphatic carbocycles. The van der Waals surface area contributed by atoms with Crippen molar-refractivity contribution in [1.82, 2.24) is 0 Å². The third kappa shape index (κ3) is 111. The fraction of sp³-hybridized carbons (Fsp3) is 0. The summed E-state index contributed by atoms with van der Waals surface area (Å²) in [5.41, 5.74) is 0. The topological polar surface area (TPSA) is 122 Å². The molecule has 0 aromatic heterocycles. The van der Waals surface area contributed by atoms with Crippen LogP contribution in [0.1, 0.15) is 0 Å². The maximum atomic E-state index is 8.33. The van der Waals surface area contributed by atoms with Crippen molar-refractivity contribution >= 4 is 81.6 Å². The second kappa shape index (κ2) is 31.0. The van der Waals surface area contributed by atoms with Crippen molar-refractivity contribution in [1.29, 1.82) is 0 Å². The van der Waals surface area contributed by atoms with Gasteiger partial charge in [0.2, 0.25) is 0 Å². The van der Waals surface area contributed by atoms with Crippen molar-refractivity contribution in [3.63, 3.8) is 0 Å². The summed E-state index contributed by atoms with van der Waals surface area (Å²) < 4.78 is 0. The van der Waals surface area contributed by atoms with Crippen LogP contribution in [0.25, 0.3) is 0 Å². The van der Waals surface area contributed by atoms with Gasteiger partial charge in [0.05, 0.1) is 0 Å². The Bertz CT molecular complexity index is 37.9. The van der Waals surface area contributed by atoms with E-state index in [1.54, 1.807) is 0 Å². The minimum Gasteiger partial charge on any atom is -2.00 e. The SMILES string of the molecule is O=C([O-])[O-].[Ca+2].[Ca+2].[Na+].[O-2].[OH-]. The Morgan fingerprint density at radius 3 is 1.11 bits per heavy atom. The van der Waals surface area contributed by atoms with E-state index in [0.29, 0.717) is 0 Å². The summed E-state index contributed by atoms with van der Waals surface area (Å²) in [6, 6.07) is 0. The molecule has 8 heteroatoms. The summed E-state index contributed by atoms with van der Waals surface area (Å²) in [5, 5.41) is 16.7. The maximum absolute atomic E-state index is 8.33. The van der Waals surface area contributed by atoms with Crippen molar-refractivity contribution in [3.05, 3.63) is 0 Å². The van der Waals surface area contributed by atoms with E-state index in [-0.39, 0.29) is 116 Å². The zero-order valence-corrected chi connectivity index (χ0v) is 11.4. The van der Waals surface area contributed by atoms with Gasteiger partial charge in [-0.25, -0.2) is 0 Å². The molecule has 0 aliphatic rings. The number of rotatable bonds is 0. The summed E-state index contributed by atoms with van der Waals surface area (Å²) in [6.45, 7) is 0. The van der Waals surface area contributed by atoms with E-state index in [4.69, 9.17) is 15.0 Å². The Kier molecular flexibility index (Phi) is 142. The van der Waals surface area contributed by atoms with Crippen LogP contribution in [0.2, 0.25) is 0 Å². The quantitative estimate of drug-likeness (QED) is 0.357. The van der Waals surface area contributed by atoms with E-state index < -0.39 is 6.16 Å². The van der Waals surface area contributed by atoms with Gasteiger partial charge in [-0.15, -0.1) is 0 Å². The van der Waals surface area contributed by atoms with E-state index in [1.807, 2.05) is 0 Å². The Balaban J connectivity index is -0.00000000450. The molecule has 40 valence electrons. The second-order valence-electron chi connectivity index (χ2n) is 0.250. The summed E-state index contributed by atoms with van der Waals surface area (Å²) in [6.07, 6.45) is -2.33. The van der Waals surface area contributed by atoms with Gasteiger partial charge in [-0.1, -0.05) is 0 Å². The largest absolute Gasteiger partial charge is 2.00 e. The number of carboxylic acid groups (broad SMARTS) is 2. The average molecular weight is 196 g/mol. The van der Waals surface area contributed by atoms with Crippen LogP contribution in [0.15, 0.2) is 0 Å². The summed E-state index contributed by atoms with van der Waals surface area (Å²) in [5.74, 6) is 0. The van der Waals surface area contributed by atoms with Crippen molar-refractivity contribution < 1.29 is 55.5 Å². The molecule has 1 N–H and O–H groups in total. The zero-order chi connectivity index (χ0) is 3.58. The van der Waals surface area contributed by atoms with Crippen LogP contribution in [0.4, 0.5) is 4.79 Å². The van der Waals surface area contributed by atoms with Gasteiger partial charge >= 0.3 is 105 Å². The molecule has 0 atom stereocenters. The minimum atomic E-state index is -2.33. The molecular weight excluding hydrogens is 195 g/mol. The number of carbonyl (C=O) groups is 1. The van der Waals surface area contributed by atoms with Crippen molar-refractivity contribution in [2.75, 3.05) is 0 Å². The second-order valence-corrected chi connectivity index (χ2v) is 0.250. The standard InChI is InChI=1S/CH2O3.2Ca.Na.H2O.O/c2-1(3)4;;;;;/h(H2,2,3,4);;;;1H2;/q;2*+2;+1;;-2/p-3. The Labute approximate surface area is 134 Å². The summed E-state index contributed by atoms with van der Waals surface area (Å²) in [7, 11) is 0. The molecule has 0 fully saturated rings. The van der Waals surface area contributed by atoms with Crippen LogP contribution >= 0.6 is 0 Å². The van der Waals surface area contributed by atoms with E-state index in [1.165, 1.54) is 0 Å². The van der Waals surface area contributed by atoms with Crippen LogP contribution in [0.3, 0.4) is 0 Å². The number of carbonyl (C=O) groups excluding carboxylic acids is 1. The van der Waals surface area contributed by atoms with Gasteiger partial charge in [-0.05, 0) is 6.16 Å². The van der Waals surface area contributed by atoms with Crippen LogP contribution < -0.4 is 39.8 Å². The normalized spacial score (nSPS) is 2.67.